The number of fused-ring (bicyclic) bond motifs is 1. The third-order valence-corrected chi connectivity index (χ3v) is 3.17. The van der Waals surface area contributed by atoms with Crippen molar-refractivity contribution in [3.05, 3.63) is 34.4 Å². The first-order chi connectivity index (χ1) is 7.34. The molecule has 3 rings (SSSR count). The van der Waals surface area contributed by atoms with Gasteiger partial charge in [-0.15, -0.1) is 0 Å². The van der Waals surface area contributed by atoms with E-state index in [4.69, 9.17) is 4.74 Å². The number of halogens is 1. The summed E-state index contributed by atoms with van der Waals surface area (Å²) in [7, 11) is 0. The fourth-order valence-electron chi connectivity index (χ4n) is 1.82. The van der Waals surface area contributed by atoms with E-state index in [9.17, 15) is 0 Å². The van der Waals surface area contributed by atoms with Crippen LogP contribution in [-0.2, 0) is 6.42 Å². The Morgan fingerprint density at radius 3 is 3.13 bits per heavy atom. The maximum Gasteiger partial charge on any atom is 0.122 e. The van der Waals surface area contributed by atoms with Crippen molar-refractivity contribution in [2.24, 2.45) is 0 Å². The van der Waals surface area contributed by atoms with Crippen molar-refractivity contribution in [1.82, 2.24) is 10.2 Å². The second-order valence-corrected chi connectivity index (χ2v) is 4.37. The molecule has 0 saturated carbocycles. The van der Waals surface area contributed by atoms with Gasteiger partial charge in [0.25, 0.3) is 0 Å². The average molecular weight is 265 g/mol. The molecule has 0 unspecified atom stereocenters. The highest BCUT2D eigenvalue weighted by molar-refractivity contribution is 9.10. The van der Waals surface area contributed by atoms with Crippen LogP contribution in [-0.4, -0.2) is 16.8 Å². The quantitative estimate of drug-likeness (QED) is 0.860. The van der Waals surface area contributed by atoms with Gasteiger partial charge in [0.15, 0.2) is 0 Å². The third kappa shape index (κ3) is 1.45. The predicted octanol–water partition coefficient (Wildman–Crippen LogP) is 2.77. The molecule has 76 valence electrons. The maximum absolute atomic E-state index is 5.46. The average Bonchev–Trinajstić information content (AvgIpc) is 2.84. The van der Waals surface area contributed by atoms with Crippen LogP contribution in [0.4, 0.5) is 0 Å². The third-order valence-electron chi connectivity index (χ3n) is 2.57. The van der Waals surface area contributed by atoms with Gasteiger partial charge in [0.2, 0.25) is 0 Å². The Bertz CT molecular complexity index is 507. The molecule has 0 spiro atoms. The molecule has 2 heterocycles. The van der Waals surface area contributed by atoms with Crippen molar-refractivity contribution < 1.29 is 4.74 Å². The molecule has 4 heteroatoms. The molecule has 0 radical (unpaired) electrons. The number of ether oxygens (including phenoxy) is 1. The molecule has 1 aliphatic heterocycles. The largest absolute Gasteiger partial charge is 0.493 e. The summed E-state index contributed by atoms with van der Waals surface area (Å²) in [6.07, 6.45) is 2.76. The second kappa shape index (κ2) is 3.38. The highest BCUT2D eigenvalue weighted by atomic mass is 79.9. The first kappa shape index (κ1) is 8.97. The summed E-state index contributed by atoms with van der Waals surface area (Å²) in [4.78, 5) is 0. The van der Waals surface area contributed by atoms with E-state index in [1.165, 1.54) is 5.56 Å². The van der Waals surface area contributed by atoms with Gasteiger partial charge < -0.3 is 4.74 Å². The van der Waals surface area contributed by atoms with Crippen molar-refractivity contribution in [3.8, 4) is 17.0 Å². The summed E-state index contributed by atoms with van der Waals surface area (Å²) < 4.78 is 6.45. The SMILES string of the molecule is Brc1cn[nH]c1-c1ccc2c(c1)CCO2. The lowest BCUT2D eigenvalue weighted by atomic mass is 10.1. The normalized spacial score (nSPS) is 13.7. The predicted molar refractivity (Wildman–Crippen MR) is 60.9 cm³/mol. The van der Waals surface area contributed by atoms with Crippen LogP contribution in [0.3, 0.4) is 0 Å². The lowest BCUT2D eigenvalue weighted by Gasteiger charge is -2.02. The summed E-state index contributed by atoms with van der Waals surface area (Å²) in [5, 5.41) is 6.96. The van der Waals surface area contributed by atoms with Gasteiger partial charge >= 0.3 is 0 Å². The minimum Gasteiger partial charge on any atom is -0.493 e. The first-order valence-corrected chi connectivity index (χ1v) is 5.59. The number of nitrogens with zero attached hydrogens (tertiary/aromatic N) is 1. The van der Waals surface area contributed by atoms with E-state index in [1.807, 2.05) is 12.1 Å². The van der Waals surface area contributed by atoms with Crippen LogP contribution in [0, 0.1) is 0 Å². The molecule has 0 fully saturated rings. The molecular formula is C11H9BrN2O. The maximum atomic E-state index is 5.46. The molecular weight excluding hydrogens is 256 g/mol. The summed E-state index contributed by atoms with van der Waals surface area (Å²) in [6, 6.07) is 6.22. The van der Waals surface area contributed by atoms with Gasteiger partial charge in [-0.3, -0.25) is 5.10 Å². The molecule has 1 aliphatic rings. The van der Waals surface area contributed by atoms with Crippen LogP contribution >= 0.6 is 15.9 Å². The van der Waals surface area contributed by atoms with Crippen LogP contribution in [0.5, 0.6) is 5.75 Å². The molecule has 1 N–H and O–H groups in total. The van der Waals surface area contributed by atoms with E-state index in [0.29, 0.717) is 0 Å². The van der Waals surface area contributed by atoms with E-state index in [0.717, 1.165) is 34.5 Å². The van der Waals surface area contributed by atoms with E-state index in [-0.39, 0.29) is 0 Å². The molecule has 15 heavy (non-hydrogen) atoms. The van der Waals surface area contributed by atoms with Gasteiger partial charge in [0.05, 0.1) is 23.0 Å². The first-order valence-electron chi connectivity index (χ1n) is 4.79. The molecule has 1 aromatic heterocycles. The summed E-state index contributed by atoms with van der Waals surface area (Å²) in [6.45, 7) is 0.795. The molecule has 0 saturated heterocycles. The number of aromatic amines is 1. The zero-order valence-corrected chi connectivity index (χ0v) is 9.54. The van der Waals surface area contributed by atoms with Crippen LogP contribution in [0.15, 0.2) is 28.9 Å². The number of H-pyrrole nitrogens is 1. The molecule has 0 aliphatic carbocycles. The highest BCUT2D eigenvalue weighted by Gasteiger charge is 2.14. The van der Waals surface area contributed by atoms with Crippen molar-refractivity contribution in [2.75, 3.05) is 6.61 Å². The Hall–Kier alpha value is -1.29. The smallest absolute Gasteiger partial charge is 0.122 e. The Kier molecular flexibility index (Phi) is 2.02. The van der Waals surface area contributed by atoms with E-state index >= 15 is 0 Å². The van der Waals surface area contributed by atoms with E-state index in [1.54, 1.807) is 6.20 Å². The molecule has 0 atom stereocenters. The van der Waals surface area contributed by atoms with Gasteiger partial charge in [-0.1, -0.05) is 0 Å². The number of hydrogen-bond donors (Lipinski definition) is 1. The number of rotatable bonds is 1. The van der Waals surface area contributed by atoms with Gasteiger partial charge in [-0.25, -0.2) is 0 Å². The second-order valence-electron chi connectivity index (χ2n) is 3.51. The molecule has 1 aromatic carbocycles. The zero-order valence-electron chi connectivity index (χ0n) is 7.96. The standard InChI is InChI=1S/C11H9BrN2O/c12-9-6-13-14-11(9)8-1-2-10-7(5-8)3-4-15-10/h1-2,5-6H,3-4H2,(H,13,14). The van der Waals surface area contributed by atoms with Crippen molar-refractivity contribution in [2.45, 2.75) is 6.42 Å². The topological polar surface area (TPSA) is 37.9 Å². The van der Waals surface area contributed by atoms with Crippen LogP contribution in [0.1, 0.15) is 5.56 Å². The number of benzene rings is 1. The number of hydrogen-bond acceptors (Lipinski definition) is 2. The van der Waals surface area contributed by atoms with Crippen molar-refractivity contribution >= 4 is 15.9 Å². The van der Waals surface area contributed by atoms with Crippen molar-refractivity contribution in [3.63, 3.8) is 0 Å². The minimum atomic E-state index is 0.795. The molecule has 3 nitrogen and oxygen atoms in total. The molecule has 2 aromatic rings. The van der Waals surface area contributed by atoms with Gasteiger partial charge in [-0.2, -0.15) is 5.10 Å². The van der Waals surface area contributed by atoms with Gasteiger partial charge in [-0.05, 0) is 39.7 Å². The van der Waals surface area contributed by atoms with Crippen molar-refractivity contribution in [1.29, 1.82) is 0 Å². The van der Waals surface area contributed by atoms with Crippen LogP contribution < -0.4 is 4.74 Å². The van der Waals surface area contributed by atoms with Gasteiger partial charge in [0.1, 0.15) is 5.75 Å². The summed E-state index contributed by atoms with van der Waals surface area (Å²) in [5.74, 6) is 1.01. The van der Waals surface area contributed by atoms with Gasteiger partial charge in [0, 0.05) is 12.0 Å². The highest BCUT2D eigenvalue weighted by Crippen LogP contribution is 2.32. The lowest BCUT2D eigenvalue weighted by molar-refractivity contribution is 0.357. The molecule has 0 amide bonds. The Balaban J connectivity index is 2.11. The van der Waals surface area contributed by atoms with E-state index in [2.05, 4.69) is 32.2 Å². The number of nitrogens with one attached hydrogen (secondary N) is 1. The fraction of sp³-hybridized carbons (Fsp3) is 0.182. The summed E-state index contributed by atoms with van der Waals surface area (Å²) >= 11 is 3.46. The van der Waals surface area contributed by atoms with E-state index < -0.39 is 0 Å². The minimum absolute atomic E-state index is 0.795. The Morgan fingerprint density at radius 2 is 2.33 bits per heavy atom. The van der Waals surface area contributed by atoms with Crippen LogP contribution in [0.2, 0.25) is 0 Å². The monoisotopic (exact) mass is 264 g/mol. The summed E-state index contributed by atoms with van der Waals surface area (Å²) in [5.41, 5.74) is 3.43. The fourth-order valence-corrected chi connectivity index (χ4v) is 2.24. The lowest BCUT2D eigenvalue weighted by Crippen LogP contribution is -1.85. The number of aromatic nitrogens is 2. The zero-order chi connectivity index (χ0) is 10.3. The Labute approximate surface area is 95.6 Å². The molecule has 0 bridgehead atoms. The Morgan fingerprint density at radius 1 is 1.40 bits per heavy atom. The van der Waals surface area contributed by atoms with Crippen LogP contribution in [0.25, 0.3) is 11.3 Å².